The lowest BCUT2D eigenvalue weighted by atomic mass is 10.1. The van der Waals surface area contributed by atoms with E-state index < -0.39 is 11.8 Å². The van der Waals surface area contributed by atoms with Crippen LogP contribution in [-0.4, -0.2) is 28.6 Å². The number of rotatable bonds is 6. The van der Waals surface area contributed by atoms with Gasteiger partial charge in [-0.3, -0.25) is 19.7 Å². The van der Waals surface area contributed by atoms with Crippen molar-refractivity contribution >= 4 is 11.7 Å². The van der Waals surface area contributed by atoms with Gasteiger partial charge in [0, 0.05) is 5.71 Å². The summed E-state index contributed by atoms with van der Waals surface area (Å²) < 4.78 is 24.4. The van der Waals surface area contributed by atoms with Crippen molar-refractivity contribution in [3.8, 4) is 5.69 Å². The average Bonchev–Trinajstić information content (AvgIpc) is 3.28. The number of carbonyl (C=O) groups excluding carboxylic acids is 1. The molecule has 2 heterocycles. The summed E-state index contributed by atoms with van der Waals surface area (Å²) in [4.78, 5) is 29.1. The summed E-state index contributed by atoms with van der Waals surface area (Å²) in [7, 11) is 1.27. The van der Waals surface area contributed by atoms with Crippen LogP contribution in [0.15, 0.2) is 56.9 Å². The van der Waals surface area contributed by atoms with E-state index in [1.807, 2.05) is 0 Å². The Labute approximate surface area is 154 Å². The molecular weight excluding hydrogens is 353 g/mol. The second kappa shape index (κ2) is 7.86. The molecule has 0 unspecified atom stereocenters. The number of hydrogen-bond donors (Lipinski definition) is 1. The van der Waals surface area contributed by atoms with E-state index in [4.69, 9.17) is 9.15 Å². The molecule has 7 nitrogen and oxygen atoms in total. The largest absolute Gasteiger partial charge is 0.469 e. The highest BCUT2D eigenvalue weighted by atomic mass is 19.1. The first kappa shape index (κ1) is 18.4. The van der Waals surface area contributed by atoms with Crippen molar-refractivity contribution < 1.29 is 18.3 Å². The summed E-state index contributed by atoms with van der Waals surface area (Å²) >= 11 is 0. The molecule has 3 aromatic rings. The Bertz CT molecular complexity index is 1010. The lowest BCUT2D eigenvalue weighted by molar-refractivity contribution is -0.139. The first-order chi connectivity index (χ1) is 13.0. The van der Waals surface area contributed by atoms with Gasteiger partial charge in [-0.2, -0.15) is 0 Å². The SMILES string of the molecule is COC(=O)Cc1[nH]n(-c2ccc(F)cc2)c(=O)c1C(C)=NCc1ccco1. The number of aliphatic imine (C=N–C) groups is 1. The number of halogens is 1. The zero-order chi connectivity index (χ0) is 19.4. The van der Waals surface area contributed by atoms with E-state index >= 15 is 0 Å². The van der Waals surface area contributed by atoms with Crippen LogP contribution in [-0.2, 0) is 22.5 Å². The number of nitrogens with one attached hydrogen (secondary N) is 1. The van der Waals surface area contributed by atoms with Gasteiger partial charge >= 0.3 is 5.97 Å². The molecule has 0 aliphatic carbocycles. The van der Waals surface area contributed by atoms with E-state index in [0.29, 0.717) is 22.9 Å². The number of nitrogens with zero attached hydrogens (tertiary/aromatic N) is 2. The molecule has 0 aliphatic rings. The Morgan fingerprint density at radius 2 is 2.04 bits per heavy atom. The molecule has 0 saturated carbocycles. The molecule has 0 aliphatic heterocycles. The summed E-state index contributed by atoms with van der Waals surface area (Å²) in [5.41, 5.74) is 1.15. The van der Waals surface area contributed by atoms with Crippen LogP contribution in [0.1, 0.15) is 23.9 Å². The molecule has 1 N–H and O–H groups in total. The Hall–Kier alpha value is -3.42. The van der Waals surface area contributed by atoms with Gasteiger partial charge in [0.1, 0.15) is 11.6 Å². The Morgan fingerprint density at radius 3 is 2.67 bits per heavy atom. The molecule has 0 radical (unpaired) electrons. The highest BCUT2D eigenvalue weighted by molar-refractivity contribution is 6.00. The Morgan fingerprint density at radius 1 is 1.30 bits per heavy atom. The van der Waals surface area contributed by atoms with E-state index in [-0.39, 0.29) is 24.1 Å². The van der Waals surface area contributed by atoms with Gasteiger partial charge in [-0.1, -0.05) is 0 Å². The molecule has 0 saturated heterocycles. The van der Waals surface area contributed by atoms with Gasteiger partial charge in [-0.25, -0.2) is 9.07 Å². The Balaban J connectivity index is 2.04. The van der Waals surface area contributed by atoms with E-state index in [1.54, 1.807) is 25.3 Å². The molecule has 0 amide bonds. The molecule has 0 fully saturated rings. The third-order valence-electron chi connectivity index (χ3n) is 4.01. The lowest BCUT2D eigenvalue weighted by Gasteiger charge is -2.02. The molecule has 0 atom stereocenters. The minimum Gasteiger partial charge on any atom is -0.469 e. The van der Waals surface area contributed by atoms with Crippen LogP contribution in [0, 0.1) is 5.82 Å². The number of ether oxygens (including phenoxy) is 1. The third kappa shape index (κ3) is 4.05. The van der Waals surface area contributed by atoms with Gasteiger partial charge in [-0.05, 0) is 43.3 Å². The first-order valence-electron chi connectivity index (χ1n) is 8.20. The molecule has 8 heteroatoms. The zero-order valence-corrected chi connectivity index (χ0v) is 14.9. The second-order valence-electron chi connectivity index (χ2n) is 5.82. The van der Waals surface area contributed by atoms with E-state index in [0.717, 1.165) is 0 Å². The fraction of sp³-hybridized carbons (Fsp3) is 0.211. The molecule has 0 spiro atoms. The number of furan rings is 1. The Kier molecular flexibility index (Phi) is 5.35. The van der Waals surface area contributed by atoms with Gasteiger partial charge in [-0.15, -0.1) is 0 Å². The van der Waals surface area contributed by atoms with Crippen LogP contribution in [0.3, 0.4) is 0 Å². The summed E-state index contributed by atoms with van der Waals surface area (Å²) in [6, 6.07) is 8.96. The topological polar surface area (TPSA) is 89.6 Å². The number of hydrogen-bond acceptors (Lipinski definition) is 5. The van der Waals surface area contributed by atoms with Gasteiger partial charge in [0.25, 0.3) is 5.56 Å². The molecule has 2 aromatic heterocycles. The van der Waals surface area contributed by atoms with E-state index in [2.05, 4.69) is 10.1 Å². The lowest BCUT2D eigenvalue weighted by Crippen LogP contribution is -2.20. The number of benzene rings is 1. The van der Waals surface area contributed by atoms with Gasteiger partial charge in [0.05, 0.1) is 43.3 Å². The summed E-state index contributed by atoms with van der Waals surface area (Å²) in [5.74, 6) is -0.259. The maximum Gasteiger partial charge on any atom is 0.311 e. The van der Waals surface area contributed by atoms with Gasteiger partial charge < -0.3 is 9.15 Å². The minimum absolute atomic E-state index is 0.122. The van der Waals surface area contributed by atoms with Crippen LogP contribution in [0.5, 0.6) is 0 Å². The average molecular weight is 371 g/mol. The van der Waals surface area contributed by atoms with Crippen LogP contribution in [0.2, 0.25) is 0 Å². The number of aromatic nitrogens is 2. The number of aromatic amines is 1. The number of esters is 1. The maximum absolute atomic E-state index is 13.2. The molecular formula is C19H18FN3O4. The highest BCUT2D eigenvalue weighted by Crippen LogP contribution is 2.12. The number of H-pyrrole nitrogens is 1. The number of carbonyl (C=O) groups is 1. The maximum atomic E-state index is 13.2. The minimum atomic E-state index is -0.498. The van der Waals surface area contributed by atoms with Crippen LogP contribution in [0.25, 0.3) is 5.69 Å². The van der Waals surface area contributed by atoms with E-state index in [1.165, 1.54) is 36.1 Å². The van der Waals surface area contributed by atoms with Crippen molar-refractivity contribution in [2.75, 3.05) is 7.11 Å². The zero-order valence-electron chi connectivity index (χ0n) is 14.9. The fourth-order valence-corrected chi connectivity index (χ4v) is 2.65. The predicted molar refractivity (Wildman–Crippen MR) is 96.7 cm³/mol. The van der Waals surface area contributed by atoms with Crippen LogP contribution < -0.4 is 5.56 Å². The van der Waals surface area contributed by atoms with Crippen molar-refractivity contribution in [2.45, 2.75) is 19.9 Å². The van der Waals surface area contributed by atoms with Crippen molar-refractivity contribution in [3.05, 3.63) is 75.9 Å². The summed E-state index contributed by atoms with van der Waals surface area (Å²) in [6.45, 7) is 1.95. The first-order valence-corrected chi connectivity index (χ1v) is 8.20. The van der Waals surface area contributed by atoms with Crippen molar-refractivity contribution in [2.24, 2.45) is 4.99 Å². The molecule has 27 heavy (non-hydrogen) atoms. The van der Waals surface area contributed by atoms with E-state index in [9.17, 15) is 14.0 Å². The predicted octanol–water partition coefficient (Wildman–Crippen LogP) is 2.62. The fourth-order valence-electron chi connectivity index (χ4n) is 2.65. The monoisotopic (exact) mass is 371 g/mol. The smallest absolute Gasteiger partial charge is 0.311 e. The van der Waals surface area contributed by atoms with Crippen molar-refractivity contribution in [1.82, 2.24) is 9.78 Å². The van der Waals surface area contributed by atoms with Crippen LogP contribution >= 0.6 is 0 Å². The summed E-state index contributed by atoms with van der Waals surface area (Å²) in [6.07, 6.45) is 1.42. The van der Waals surface area contributed by atoms with Gasteiger partial charge in [0.2, 0.25) is 0 Å². The standard InChI is InChI=1S/C19H18FN3O4/c1-12(21-11-15-4-3-9-27-15)18-16(10-17(24)26-2)22-23(19(18)25)14-7-5-13(20)6-8-14/h3-9,22H,10-11H2,1-2H3. The second-order valence-corrected chi connectivity index (χ2v) is 5.82. The molecule has 140 valence electrons. The highest BCUT2D eigenvalue weighted by Gasteiger charge is 2.20. The molecule has 1 aromatic carbocycles. The number of methoxy groups -OCH3 is 1. The normalized spacial score (nSPS) is 11.6. The summed E-state index contributed by atoms with van der Waals surface area (Å²) in [5, 5.41) is 2.90. The third-order valence-corrected chi connectivity index (χ3v) is 4.01. The van der Waals surface area contributed by atoms with Crippen molar-refractivity contribution in [3.63, 3.8) is 0 Å². The van der Waals surface area contributed by atoms with Crippen LogP contribution in [0.4, 0.5) is 4.39 Å². The quantitative estimate of drug-likeness (QED) is 0.533. The van der Waals surface area contributed by atoms with Gasteiger partial charge in [0.15, 0.2) is 0 Å². The van der Waals surface area contributed by atoms with Crippen molar-refractivity contribution in [1.29, 1.82) is 0 Å². The molecule has 3 rings (SSSR count). The molecule has 0 bridgehead atoms.